The number of nitrogens with one attached hydrogen (secondary N) is 1. The molecule has 0 spiro atoms. The molecule has 0 aliphatic carbocycles. The number of hydrogen-bond acceptors (Lipinski definition) is 5. The summed E-state index contributed by atoms with van der Waals surface area (Å²) >= 11 is 0. The van der Waals surface area contributed by atoms with Crippen molar-refractivity contribution in [3.8, 4) is 0 Å². The molecule has 0 amide bonds. The zero-order valence-electron chi connectivity index (χ0n) is 8.97. The van der Waals surface area contributed by atoms with Gasteiger partial charge in [-0.15, -0.1) is 0 Å². The van der Waals surface area contributed by atoms with Crippen LogP contribution in [0.4, 0.5) is 0 Å². The molecule has 1 N–H and O–H groups in total. The Hall–Kier alpha value is -1.75. The molecule has 2 aromatic heterocycles. The number of aromatic nitrogens is 3. The molecule has 0 aliphatic rings. The Morgan fingerprint density at radius 1 is 1.12 bits per heavy atom. The number of rotatable bonds is 6. The van der Waals surface area contributed by atoms with E-state index >= 15 is 0 Å². The lowest BCUT2D eigenvalue weighted by Gasteiger charge is -2.02. The second-order valence-corrected chi connectivity index (χ2v) is 3.42. The number of hydrogen-bond donors (Lipinski definition) is 1. The average molecular weight is 218 g/mol. The van der Waals surface area contributed by atoms with Crippen molar-refractivity contribution >= 4 is 0 Å². The predicted molar refractivity (Wildman–Crippen MR) is 58.8 cm³/mol. The summed E-state index contributed by atoms with van der Waals surface area (Å²) in [6, 6.07) is 5.95. The third-order valence-electron chi connectivity index (χ3n) is 2.22. The van der Waals surface area contributed by atoms with Crippen LogP contribution >= 0.6 is 0 Å². The van der Waals surface area contributed by atoms with Gasteiger partial charge in [-0.1, -0.05) is 11.2 Å². The second-order valence-electron chi connectivity index (χ2n) is 3.42. The molecule has 0 aliphatic heterocycles. The molecule has 5 heteroatoms. The lowest BCUT2D eigenvalue weighted by Crippen LogP contribution is -2.20. The molecule has 2 aromatic rings. The van der Waals surface area contributed by atoms with Gasteiger partial charge >= 0.3 is 0 Å². The van der Waals surface area contributed by atoms with Crippen LogP contribution in [0.3, 0.4) is 0 Å². The third kappa shape index (κ3) is 3.43. The molecule has 0 radical (unpaired) electrons. The summed E-state index contributed by atoms with van der Waals surface area (Å²) in [6.07, 6.45) is 4.89. The van der Waals surface area contributed by atoms with E-state index in [2.05, 4.69) is 25.0 Å². The van der Waals surface area contributed by atoms with E-state index in [9.17, 15) is 0 Å². The third-order valence-corrected chi connectivity index (χ3v) is 2.22. The Labute approximate surface area is 93.9 Å². The molecule has 2 heterocycles. The van der Waals surface area contributed by atoms with E-state index in [-0.39, 0.29) is 0 Å². The van der Waals surface area contributed by atoms with Crippen LogP contribution in [-0.2, 0) is 12.8 Å². The van der Waals surface area contributed by atoms with E-state index in [1.165, 1.54) is 6.39 Å². The van der Waals surface area contributed by atoms with E-state index in [1.54, 1.807) is 0 Å². The zero-order valence-corrected chi connectivity index (χ0v) is 8.97. The summed E-state index contributed by atoms with van der Waals surface area (Å²) in [4.78, 5) is 8.19. The largest absolute Gasteiger partial charge is 0.343 e. The Morgan fingerprint density at radius 2 is 2.06 bits per heavy atom. The highest BCUT2D eigenvalue weighted by Gasteiger charge is 1.97. The molecule has 16 heavy (non-hydrogen) atoms. The molecule has 0 atom stereocenters. The highest BCUT2D eigenvalue weighted by molar-refractivity contribution is 5.03. The molecule has 0 unspecified atom stereocenters. The van der Waals surface area contributed by atoms with Gasteiger partial charge in [0.15, 0.2) is 5.82 Å². The van der Waals surface area contributed by atoms with Crippen molar-refractivity contribution < 1.29 is 4.52 Å². The van der Waals surface area contributed by atoms with Gasteiger partial charge in [0.05, 0.1) is 0 Å². The summed E-state index contributed by atoms with van der Waals surface area (Å²) in [5.41, 5.74) is 1.11. The predicted octanol–water partition coefficient (Wildman–Crippen LogP) is 0.839. The van der Waals surface area contributed by atoms with E-state index < -0.39 is 0 Å². The number of pyridine rings is 1. The SMILES string of the molecule is c1ccc(CCNCCc2ncon2)nc1. The Kier molecular flexibility index (Phi) is 4.01. The van der Waals surface area contributed by atoms with Gasteiger partial charge in [-0.3, -0.25) is 4.98 Å². The first-order valence-corrected chi connectivity index (χ1v) is 5.31. The minimum absolute atomic E-state index is 0.741. The summed E-state index contributed by atoms with van der Waals surface area (Å²) < 4.78 is 4.64. The standard InChI is InChI=1S/C11H14N4O/c1-2-6-13-10(3-1)4-7-12-8-5-11-14-9-16-15-11/h1-3,6,9,12H,4-5,7-8H2. The van der Waals surface area contributed by atoms with E-state index in [0.29, 0.717) is 0 Å². The first kappa shape index (κ1) is 10.8. The maximum absolute atomic E-state index is 4.64. The van der Waals surface area contributed by atoms with Crippen molar-refractivity contribution in [3.05, 3.63) is 42.3 Å². The van der Waals surface area contributed by atoms with Gasteiger partial charge in [-0.25, -0.2) is 0 Å². The van der Waals surface area contributed by atoms with Crippen LogP contribution in [0.15, 0.2) is 35.3 Å². The maximum atomic E-state index is 4.64. The quantitative estimate of drug-likeness (QED) is 0.728. The Morgan fingerprint density at radius 3 is 2.81 bits per heavy atom. The molecule has 0 fully saturated rings. The monoisotopic (exact) mass is 218 g/mol. The lowest BCUT2D eigenvalue weighted by molar-refractivity contribution is 0.409. The van der Waals surface area contributed by atoms with Crippen molar-refractivity contribution in [1.82, 2.24) is 20.4 Å². The highest BCUT2D eigenvalue weighted by Crippen LogP contribution is 1.93. The molecule has 0 bridgehead atoms. The van der Waals surface area contributed by atoms with Gasteiger partial charge in [0.1, 0.15) is 0 Å². The summed E-state index contributed by atoms with van der Waals surface area (Å²) in [5.74, 6) is 0.741. The highest BCUT2D eigenvalue weighted by atomic mass is 16.5. The second kappa shape index (κ2) is 5.97. The minimum atomic E-state index is 0.741. The molecule has 0 saturated carbocycles. The molecule has 0 aromatic carbocycles. The average Bonchev–Trinajstić information content (AvgIpc) is 2.83. The molecular formula is C11H14N4O. The van der Waals surface area contributed by atoms with E-state index in [0.717, 1.165) is 37.4 Å². The van der Waals surface area contributed by atoms with Gasteiger partial charge in [0.25, 0.3) is 0 Å². The van der Waals surface area contributed by atoms with Crippen molar-refractivity contribution in [2.24, 2.45) is 0 Å². The van der Waals surface area contributed by atoms with Crippen LogP contribution in [0, 0.1) is 0 Å². The summed E-state index contributed by atoms with van der Waals surface area (Å²) in [6.45, 7) is 1.77. The molecular weight excluding hydrogens is 204 g/mol. The minimum Gasteiger partial charge on any atom is -0.343 e. The van der Waals surface area contributed by atoms with Crippen LogP contribution in [0.1, 0.15) is 11.5 Å². The zero-order chi connectivity index (χ0) is 11.1. The first-order valence-electron chi connectivity index (χ1n) is 5.31. The van der Waals surface area contributed by atoms with Crippen LogP contribution < -0.4 is 5.32 Å². The van der Waals surface area contributed by atoms with Crippen molar-refractivity contribution in [3.63, 3.8) is 0 Å². The van der Waals surface area contributed by atoms with Crippen molar-refractivity contribution in [1.29, 1.82) is 0 Å². The maximum Gasteiger partial charge on any atom is 0.213 e. The molecule has 5 nitrogen and oxygen atoms in total. The lowest BCUT2D eigenvalue weighted by atomic mass is 10.2. The molecule has 84 valence electrons. The molecule has 2 rings (SSSR count). The van der Waals surface area contributed by atoms with Crippen molar-refractivity contribution in [2.45, 2.75) is 12.8 Å². The van der Waals surface area contributed by atoms with Gasteiger partial charge < -0.3 is 9.84 Å². The van der Waals surface area contributed by atoms with Gasteiger partial charge in [-0.2, -0.15) is 4.98 Å². The van der Waals surface area contributed by atoms with E-state index in [4.69, 9.17) is 0 Å². The molecule has 0 saturated heterocycles. The van der Waals surface area contributed by atoms with Gasteiger partial charge in [-0.05, 0) is 12.1 Å². The van der Waals surface area contributed by atoms with Crippen molar-refractivity contribution in [2.75, 3.05) is 13.1 Å². The van der Waals surface area contributed by atoms with Crippen LogP contribution in [-0.4, -0.2) is 28.2 Å². The fourth-order valence-electron chi connectivity index (χ4n) is 1.39. The topological polar surface area (TPSA) is 63.8 Å². The van der Waals surface area contributed by atoms with Gasteiger partial charge in [0.2, 0.25) is 6.39 Å². The Bertz CT molecular complexity index is 388. The van der Waals surface area contributed by atoms with Crippen LogP contribution in [0.5, 0.6) is 0 Å². The summed E-state index contributed by atoms with van der Waals surface area (Å²) in [5, 5.41) is 7.04. The smallest absolute Gasteiger partial charge is 0.213 e. The first-order chi connectivity index (χ1) is 7.95. The number of nitrogens with zero attached hydrogens (tertiary/aromatic N) is 3. The van der Waals surface area contributed by atoms with E-state index in [1.807, 2.05) is 24.4 Å². The Balaban J connectivity index is 1.59. The fourth-order valence-corrected chi connectivity index (χ4v) is 1.39. The van der Waals surface area contributed by atoms with Gasteiger partial charge in [0, 0.05) is 37.8 Å². The normalized spacial score (nSPS) is 10.5. The van der Waals surface area contributed by atoms with Crippen LogP contribution in [0.2, 0.25) is 0 Å². The van der Waals surface area contributed by atoms with Crippen LogP contribution in [0.25, 0.3) is 0 Å². The summed E-state index contributed by atoms with van der Waals surface area (Å²) in [7, 11) is 0. The fraction of sp³-hybridized carbons (Fsp3) is 0.364.